The standard InChI is InChI=1S/C20H19BrF2N4O2S/c1-3-12-4-6-14(7-5-12)29-10-17-25-26-20(27(17)2)30-11-18(28)24-19-15(21)8-13(22)9-16(19)23/h4-9H,3,10-11H2,1-2H3,(H,24,28). The number of carbonyl (C=O) groups is 1. The van der Waals surface area contributed by atoms with Crippen molar-refractivity contribution in [2.45, 2.75) is 25.1 Å². The summed E-state index contributed by atoms with van der Waals surface area (Å²) in [5, 5.41) is 11.1. The molecule has 0 saturated carbocycles. The van der Waals surface area contributed by atoms with Gasteiger partial charge in [-0.2, -0.15) is 0 Å². The van der Waals surface area contributed by atoms with Crippen molar-refractivity contribution in [1.82, 2.24) is 14.8 Å². The molecule has 3 rings (SSSR count). The fraction of sp³-hybridized carbons (Fsp3) is 0.250. The second kappa shape index (κ2) is 10.0. The van der Waals surface area contributed by atoms with Gasteiger partial charge in [-0.15, -0.1) is 10.2 Å². The average Bonchev–Trinajstić information content (AvgIpc) is 3.07. The van der Waals surface area contributed by atoms with Crippen molar-refractivity contribution in [2.75, 3.05) is 11.1 Å². The Labute approximate surface area is 185 Å². The normalized spacial score (nSPS) is 10.8. The third-order valence-electron chi connectivity index (χ3n) is 4.23. The number of hydrogen-bond donors (Lipinski definition) is 1. The van der Waals surface area contributed by atoms with Crippen molar-refractivity contribution < 1.29 is 18.3 Å². The topological polar surface area (TPSA) is 69.0 Å². The molecule has 6 nitrogen and oxygen atoms in total. The number of amides is 1. The third kappa shape index (κ3) is 5.57. The van der Waals surface area contributed by atoms with E-state index in [1.807, 2.05) is 24.3 Å². The number of aromatic nitrogens is 3. The molecular formula is C20H19BrF2N4O2S. The van der Waals surface area contributed by atoms with Crippen LogP contribution >= 0.6 is 27.7 Å². The SMILES string of the molecule is CCc1ccc(OCc2nnc(SCC(=O)Nc3c(F)cc(F)cc3Br)n2C)cc1. The first-order valence-electron chi connectivity index (χ1n) is 9.04. The monoisotopic (exact) mass is 496 g/mol. The first-order valence-corrected chi connectivity index (χ1v) is 10.8. The highest BCUT2D eigenvalue weighted by atomic mass is 79.9. The summed E-state index contributed by atoms with van der Waals surface area (Å²) in [6.07, 6.45) is 0.961. The number of ether oxygens (including phenoxy) is 1. The van der Waals surface area contributed by atoms with Crippen LogP contribution in [0.3, 0.4) is 0 Å². The Kier molecular flexibility index (Phi) is 7.43. The van der Waals surface area contributed by atoms with Gasteiger partial charge in [-0.3, -0.25) is 4.79 Å². The van der Waals surface area contributed by atoms with Gasteiger partial charge < -0.3 is 14.6 Å². The molecule has 0 spiro atoms. The fourth-order valence-corrected chi connectivity index (χ4v) is 3.77. The number of thioether (sulfide) groups is 1. The molecule has 10 heteroatoms. The van der Waals surface area contributed by atoms with E-state index in [4.69, 9.17) is 4.74 Å². The highest BCUT2D eigenvalue weighted by molar-refractivity contribution is 9.10. The van der Waals surface area contributed by atoms with Crippen LogP contribution in [0.5, 0.6) is 5.75 Å². The summed E-state index contributed by atoms with van der Waals surface area (Å²) in [6, 6.07) is 9.61. The maximum Gasteiger partial charge on any atom is 0.234 e. The van der Waals surface area contributed by atoms with Gasteiger partial charge >= 0.3 is 0 Å². The first kappa shape index (κ1) is 22.2. The van der Waals surface area contributed by atoms with E-state index in [9.17, 15) is 13.6 Å². The largest absolute Gasteiger partial charge is 0.486 e. The van der Waals surface area contributed by atoms with Crippen LogP contribution in [0.25, 0.3) is 0 Å². The van der Waals surface area contributed by atoms with E-state index in [0.717, 1.165) is 30.0 Å². The maximum absolute atomic E-state index is 13.8. The van der Waals surface area contributed by atoms with Crippen molar-refractivity contribution in [3.05, 3.63) is 63.9 Å². The molecule has 0 fully saturated rings. The molecule has 1 heterocycles. The van der Waals surface area contributed by atoms with Gasteiger partial charge in [-0.05, 0) is 46.1 Å². The summed E-state index contributed by atoms with van der Waals surface area (Å²) >= 11 is 4.19. The number of halogens is 3. The zero-order valence-electron chi connectivity index (χ0n) is 16.3. The molecule has 0 radical (unpaired) electrons. The minimum absolute atomic E-state index is 0.0193. The van der Waals surface area contributed by atoms with Crippen molar-refractivity contribution in [1.29, 1.82) is 0 Å². The lowest BCUT2D eigenvalue weighted by atomic mass is 10.2. The van der Waals surface area contributed by atoms with Crippen LogP contribution in [0.2, 0.25) is 0 Å². The summed E-state index contributed by atoms with van der Waals surface area (Å²) in [6.45, 7) is 2.32. The Bertz CT molecular complexity index is 1020. The number of anilines is 1. The summed E-state index contributed by atoms with van der Waals surface area (Å²) in [4.78, 5) is 12.2. The molecule has 1 N–H and O–H groups in total. The average molecular weight is 497 g/mol. The molecule has 30 heavy (non-hydrogen) atoms. The van der Waals surface area contributed by atoms with E-state index in [0.29, 0.717) is 17.0 Å². The lowest BCUT2D eigenvalue weighted by Crippen LogP contribution is -2.16. The summed E-state index contributed by atoms with van der Waals surface area (Å²) in [5.74, 6) is -0.732. The van der Waals surface area contributed by atoms with Gasteiger partial charge in [0.05, 0.1) is 11.4 Å². The fourth-order valence-electron chi connectivity index (χ4n) is 2.53. The number of hydrogen-bond acceptors (Lipinski definition) is 5. The van der Waals surface area contributed by atoms with Gasteiger partial charge in [0.25, 0.3) is 0 Å². The van der Waals surface area contributed by atoms with Crippen molar-refractivity contribution in [3.63, 3.8) is 0 Å². The van der Waals surface area contributed by atoms with Crippen LogP contribution in [0, 0.1) is 11.6 Å². The van der Waals surface area contributed by atoms with E-state index in [1.54, 1.807) is 11.6 Å². The van der Waals surface area contributed by atoms with E-state index in [-0.39, 0.29) is 22.5 Å². The van der Waals surface area contributed by atoms with E-state index >= 15 is 0 Å². The van der Waals surface area contributed by atoms with Crippen molar-refractivity contribution >= 4 is 39.3 Å². The van der Waals surface area contributed by atoms with E-state index in [1.165, 1.54) is 5.56 Å². The van der Waals surface area contributed by atoms with Gasteiger partial charge in [0.1, 0.15) is 18.2 Å². The number of carbonyl (C=O) groups excluding carboxylic acids is 1. The van der Waals surface area contributed by atoms with Gasteiger partial charge in [0, 0.05) is 17.6 Å². The number of rotatable bonds is 8. The molecule has 1 aromatic heterocycles. The second-order valence-electron chi connectivity index (χ2n) is 6.33. The number of aryl methyl sites for hydroxylation is 1. The van der Waals surface area contributed by atoms with Crippen LogP contribution in [-0.4, -0.2) is 26.4 Å². The number of nitrogens with zero attached hydrogens (tertiary/aromatic N) is 3. The smallest absolute Gasteiger partial charge is 0.234 e. The Morgan fingerprint density at radius 1 is 1.23 bits per heavy atom. The molecule has 2 aromatic carbocycles. The van der Waals surface area contributed by atoms with Crippen molar-refractivity contribution in [3.8, 4) is 5.75 Å². The highest BCUT2D eigenvalue weighted by Gasteiger charge is 2.15. The molecule has 0 aliphatic heterocycles. The molecule has 0 aliphatic rings. The second-order valence-corrected chi connectivity index (χ2v) is 8.12. The molecule has 158 valence electrons. The molecule has 0 atom stereocenters. The lowest BCUT2D eigenvalue weighted by molar-refractivity contribution is -0.113. The predicted molar refractivity (Wildman–Crippen MR) is 115 cm³/mol. The Morgan fingerprint density at radius 2 is 1.97 bits per heavy atom. The highest BCUT2D eigenvalue weighted by Crippen LogP contribution is 2.27. The van der Waals surface area contributed by atoms with Crippen LogP contribution < -0.4 is 10.1 Å². The van der Waals surface area contributed by atoms with Crippen molar-refractivity contribution in [2.24, 2.45) is 7.05 Å². The molecule has 0 bridgehead atoms. The number of benzene rings is 2. The zero-order valence-corrected chi connectivity index (χ0v) is 18.7. The summed E-state index contributed by atoms with van der Waals surface area (Å²) < 4.78 is 34.6. The Morgan fingerprint density at radius 3 is 2.63 bits per heavy atom. The lowest BCUT2D eigenvalue weighted by Gasteiger charge is -2.09. The van der Waals surface area contributed by atoms with Gasteiger partial charge in [-0.25, -0.2) is 8.78 Å². The van der Waals surface area contributed by atoms with Crippen LogP contribution in [-0.2, 0) is 24.9 Å². The first-order chi connectivity index (χ1) is 14.4. The number of nitrogens with one attached hydrogen (secondary N) is 1. The molecule has 0 saturated heterocycles. The van der Waals surface area contributed by atoms with Crippen LogP contribution in [0.15, 0.2) is 46.0 Å². The third-order valence-corrected chi connectivity index (χ3v) is 5.87. The minimum Gasteiger partial charge on any atom is -0.486 e. The van der Waals surface area contributed by atoms with E-state index in [2.05, 4.69) is 38.4 Å². The quantitative estimate of drug-likeness (QED) is 0.456. The molecule has 0 unspecified atom stereocenters. The molecular weight excluding hydrogens is 478 g/mol. The summed E-state index contributed by atoms with van der Waals surface area (Å²) in [5.41, 5.74) is 1.12. The van der Waals surface area contributed by atoms with Crippen LogP contribution in [0.4, 0.5) is 14.5 Å². The van der Waals surface area contributed by atoms with Gasteiger partial charge in [-0.1, -0.05) is 30.8 Å². The molecule has 1 amide bonds. The maximum atomic E-state index is 13.8. The zero-order chi connectivity index (χ0) is 21.7. The molecule has 0 aliphatic carbocycles. The minimum atomic E-state index is -0.856. The Balaban J connectivity index is 1.55. The predicted octanol–water partition coefficient (Wildman–Crippen LogP) is 4.73. The molecule has 3 aromatic rings. The summed E-state index contributed by atoms with van der Waals surface area (Å²) in [7, 11) is 1.77. The van der Waals surface area contributed by atoms with Crippen LogP contribution in [0.1, 0.15) is 18.3 Å². The van der Waals surface area contributed by atoms with E-state index < -0.39 is 17.5 Å². The van der Waals surface area contributed by atoms with Gasteiger partial charge in [0.2, 0.25) is 5.91 Å². The Hall–Kier alpha value is -2.46. The van der Waals surface area contributed by atoms with Gasteiger partial charge in [0.15, 0.2) is 16.8 Å².